The van der Waals surface area contributed by atoms with Gasteiger partial charge in [-0.1, -0.05) is 89.5 Å². The van der Waals surface area contributed by atoms with Crippen molar-refractivity contribution in [3.63, 3.8) is 0 Å². The van der Waals surface area contributed by atoms with Gasteiger partial charge in [0.2, 0.25) is 0 Å². The van der Waals surface area contributed by atoms with Crippen LogP contribution in [0.25, 0.3) is 0 Å². The van der Waals surface area contributed by atoms with Crippen LogP contribution in [0.4, 0.5) is 0 Å². The van der Waals surface area contributed by atoms with E-state index < -0.39 is 0 Å². The molecule has 0 heteroatoms. The number of benzene rings is 1. The number of hydrogen-bond donors (Lipinski definition) is 0. The predicted molar refractivity (Wildman–Crippen MR) is 91.2 cm³/mol. The van der Waals surface area contributed by atoms with E-state index in [2.05, 4.69) is 45.0 Å². The molecule has 0 bridgehead atoms. The maximum atomic E-state index is 3.98. The smallest absolute Gasteiger partial charge is 0.0162 e. The molecule has 1 rings (SSSR count). The van der Waals surface area contributed by atoms with Crippen molar-refractivity contribution >= 4 is 0 Å². The lowest BCUT2D eigenvalue weighted by Crippen LogP contribution is -1.99. The fourth-order valence-electron chi connectivity index (χ4n) is 2.96. The molecule has 0 N–H and O–H groups in total. The lowest BCUT2D eigenvalue weighted by molar-refractivity contribution is 0.509. The first-order valence-corrected chi connectivity index (χ1v) is 8.69. The molecular weight excluding hydrogens is 240 g/mol. The van der Waals surface area contributed by atoms with Crippen LogP contribution >= 0.6 is 0 Å². The van der Waals surface area contributed by atoms with Crippen LogP contribution in [0.5, 0.6) is 0 Å². The highest BCUT2D eigenvalue weighted by molar-refractivity contribution is 5.26. The lowest BCUT2D eigenvalue weighted by atomic mass is 9.89. The van der Waals surface area contributed by atoms with Gasteiger partial charge < -0.3 is 0 Å². The summed E-state index contributed by atoms with van der Waals surface area (Å²) in [7, 11) is 0. The van der Waals surface area contributed by atoms with Gasteiger partial charge in [0.05, 0.1) is 0 Å². The number of rotatable bonds is 11. The molecule has 0 spiro atoms. The second-order valence-electron chi connectivity index (χ2n) is 6.14. The van der Waals surface area contributed by atoms with E-state index in [1.165, 1.54) is 69.8 Å². The summed E-state index contributed by atoms with van der Waals surface area (Å²) < 4.78 is 0. The Morgan fingerprint density at radius 3 is 1.95 bits per heavy atom. The minimum Gasteiger partial charge on any atom is -0.0654 e. The second-order valence-corrected chi connectivity index (χ2v) is 6.14. The molecule has 113 valence electrons. The van der Waals surface area contributed by atoms with Gasteiger partial charge in [0.15, 0.2) is 0 Å². The lowest BCUT2D eigenvalue weighted by Gasteiger charge is -2.17. The Morgan fingerprint density at radius 1 is 0.750 bits per heavy atom. The summed E-state index contributed by atoms with van der Waals surface area (Å²) in [4.78, 5) is 0. The fourth-order valence-corrected chi connectivity index (χ4v) is 2.96. The summed E-state index contributed by atoms with van der Waals surface area (Å²) in [5.74, 6) is 0.760. The van der Waals surface area contributed by atoms with E-state index in [1.54, 1.807) is 0 Å². The van der Waals surface area contributed by atoms with Gasteiger partial charge in [-0.2, -0.15) is 0 Å². The molecule has 20 heavy (non-hydrogen) atoms. The first-order valence-electron chi connectivity index (χ1n) is 8.69. The standard InChI is InChI=1S/C20H33/c1-4-6-7-8-9-10-11-13-19(12-5-2)20-16-14-18(3)15-17-20/h14-17,19H,3-13H2,1-2H3. The fraction of sp³-hybridized carbons (Fsp3) is 0.650. The third kappa shape index (κ3) is 7.12. The minimum atomic E-state index is 0.760. The quantitative estimate of drug-likeness (QED) is 0.385. The second kappa shape index (κ2) is 10.9. The van der Waals surface area contributed by atoms with Crippen LogP contribution in [0, 0.1) is 6.92 Å². The van der Waals surface area contributed by atoms with Gasteiger partial charge in [-0.3, -0.25) is 0 Å². The van der Waals surface area contributed by atoms with Crippen LogP contribution in [0.2, 0.25) is 0 Å². The Kier molecular flexibility index (Phi) is 9.45. The van der Waals surface area contributed by atoms with Crippen molar-refractivity contribution in [2.24, 2.45) is 0 Å². The zero-order chi connectivity index (χ0) is 14.6. The molecule has 0 aliphatic rings. The zero-order valence-electron chi connectivity index (χ0n) is 13.7. The SMILES string of the molecule is [CH2]c1ccc(C(CCC)CCCCCCCCC)cc1. The molecule has 0 fully saturated rings. The average Bonchev–Trinajstić information content (AvgIpc) is 2.46. The van der Waals surface area contributed by atoms with Gasteiger partial charge in [-0.15, -0.1) is 0 Å². The maximum Gasteiger partial charge on any atom is -0.0162 e. The third-order valence-electron chi connectivity index (χ3n) is 4.24. The monoisotopic (exact) mass is 273 g/mol. The summed E-state index contributed by atoms with van der Waals surface area (Å²) >= 11 is 0. The van der Waals surface area contributed by atoms with Gasteiger partial charge >= 0.3 is 0 Å². The van der Waals surface area contributed by atoms with E-state index in [-0.39, 0.29) is 0 Å². The molecule has 1 atom stereocenters. The van der Waals surface area contributed by atoms with Gasteiger partial charge in [-0.25, -0.2) is 0 Å². The van der Waals surface area contributed by atoms with Crippen LogP contribution < -0.4 is 0 Å². The highest BCUT2D eigenvalue weighted by Crippen LogP contribution is 2.27. The molecule has 1 radical (unpaired) electrons. The van der Waals surface area contributed by atoms with Gasteiger partial charge in [0.25, 0.3) is 0 Å². The molecule has 0 heterocycles. The average molecular weight is 273 g/mol. The van der Waals surface area contributed by atoms with Crippen molar-refractivity contribution in [1.82, 2.24) is 0 Å². The van der Waals surface area contributed by atoms with Crippen LogP contribution in [0.1, 0.15) is 95.1 Å². The summed E-state index contributed by atoms with van der Waals surface area (Å²) in [5, 5.41) is 0. The molecule has 0 amide bonds. The molecule has 0 aromatic heterocycles. The molecule has 0 saturated heterocycles. The molecule has 0 nitrogen and oxygen atoms in total. The molecule has 0 aliphatic carbocycles. The van der Waals surface area contributed by atoms with Crippen molar-refractivity contribution < 1.29 is 0 Å². The summed E-state index contributed by atoms with van der Waals surface area (Å²) in [6, 6.07) is 8.87. The Hall–Kier alpha value is -0.780. The zero-order valence-corrected chi connectivity index (χ0v) is 13.7. The van der Waals surface area contributed by atoms with Crippen LogP contribution in [-0.4, -0.2) is 0 Å². The van der Waals surface area contributed by atoms with Gasteiger partial charge in [0, 0.05) is 0 Å². The maximum absolute atomic E-state index is 3.98. The largest absolute Gasteiger partial charge is 0.0654 e. The van der Waals surface area contributed by atoms with Crippen molar-refractivity contribution in [3.8, 4) is 0 Å². The van der Waals surface area contributed by atoms with E-state index in [0.717, 1.165) is 11.5 Å². The molecule has 0 saturated carbocycles. The van der Waals surface area contributed by atoms with Gasteiger partial charge in [-0.05, 0) is 36.8 Å². The van der Waals surface area contributed by atoms with Crippen molar-refractivity contribution in [2.75, 3.05) is 0 Å². The van der Waals surface area contributed by atoms with Crippen molar-refractivity contribution in [1.29, 1.82) is 0 Å². The predicted octanol–water partition coefficient (Wildman–Crippen LogP) is 6.89. The Morgan fingerprint density at radius 2 is 1.35 bits per heavy atom. The van der Waals surface area contributed by atoms with E-state index >= 15 is 0 Å². The molecule has 1 aromatic carbocycles. The minimum absolute atomic E-state index is 0.760. The summed E-state index contributed by atoms with van der Waals surface area (Å²) in [5.41, 5.74) is 2.64. The highest BCUT2D eigenvalue weighted by atomic mass is 14.1. The van der Waals surface area contributed by atoms with E-state index in [9.17, 15) is 0 Å². The number of unbranched alkanes of at least 4 members (excludes halogenated alkanes) is 6. The van der Waals surface area contributed by atoms with Crippen molar-refractivity contribution in [2.45, 2.75) is 84.0 Å². The Balaban J connectivity index is 2.27. The Labute approximate surface area is 127 Å². The van der Waals surface area contributed by atoms with E-state index in [1.807, 2.05) is 0 Å². The first-order chi connectivity index (χ1) is 9.77. The molecule has 1 unspecified atom stereocenters. The van der Waals surface area contributed by atoms with Gasteiger partial charge in [0.1, 0.15) is 0 Å². The van der Waals surface area contributed by atoms with Crippen molar-refractivity contribution in [3.05, 3.63) is 42.3 Å². The molecule has 0 aliphatic heterocycles. The third-order valence-corrected chi connectivity index (χ3v) is 4.24. The number of hydrogen-bond acceptors (Lipinski definition) is 0. The highest BCUT2D eigenvalue weighted by Gasteiger charge is 2.09. The van der Waals surface area contributed by atoms with Crippen LogP contribution in [0.15, 0.2) is 24.3 Å². The summed E-state index contributed by atoms with van der Waals surface area (Å²) in [6.07, 6.45) is 13.8. The van der Waals surface area contributed by atoms with Crippen LogP contribution in [0.3, 0.4) is 0 Å². The van der Waals surface area contributed by atoms with Crippen LogP contribution in [-0.2, 0) is 0 Å². The van der Waals surface area contributed by atoms with E-state index in [0.29, 0.717) is 0 Å². The molecule has 1 aromatic rings. The summed E-state index contributed by atoms with van der Waals surface area (Å²) in [6.45, 7) is 8.56. The molecular formula is C20H33. The normalized spacial score (nSPS) is 12.6. The Bertz CT molecular complexity index is 322. The topological polar surface area (TPSA) is 0 Å². The van der Waals surface area contributed by atoms with E-state index in [4.69, 9.17) is 0 Å². The first kappa shape index (κ1) is 17.3.